The minimum atomic E-state index is -4.83. The molecule has 0 aliphatic carbocycles. The second kappa shape index (κ2) is 44.9. The average Bonchev–Trinajstić information content (AvgIpc) is 0.817. The van der Waals surface area contributed by atoms with E-state index in [2.05, 4.69) is 96.7 Å². The van der Waals surface area contributed by atoms with E-state index < -0.39 is 17.6 Å². The van der Waals surface area contributed by atoms with Crippen molar-refractivity contribution >= 4 is 70.3 Å². The molecule has 0 fully saturated rings. The number of allylic oxidation sites excluding steroid dienone is 5. The van der Waals surface area contributed by atoms with Gasteiger partial charge in [0.25, 0.3) is 0 Å². The largest absolute Gasteiger partial charge is 2.00 e. The Morgan fingerprint density at radius 2 is 0.759 bits per heavy atom. The average molecular weight is 2050 g/mol. The molecule has 25 heteroatoms. The summed E-state index contributed by atoms with van der Waals surface area (Å²) in [6.45, 7) is 17.2. The Bertz CT molecular complexity index is 5160. The molecule has 0 unspecified atom stereocenters. The third-order valence-electron chi connectivity index (χ3n) is 16.8. The Labute approximate surface area is 697 Å². The van der Waals surface area contributed by atoms with Gasteiger partial charge in [0.05, 0.1) is 47.1 Å². The molecule has 0 atom stereocenters. The predicted molar refractivity (Wildman–Crippen MR) is 448 cm³/mol. The minimum absolute atomic E-state index is 0. The number of alkyl halides is 3. The van der Waals surface area contributed by atoms with Crippen LogP contribution < -0.4 is 5.30 Å². The van der Waals surface area contributed by atoms with E-state index in [-0.39, 0.29) is 117 Å². The Balaban J connectivity index is 0.000000329. The summed E-state index contributed by atoms with van der Waals surface area (Å²) < 4.78 is 37.8. The summed E-state index contributed by atoms with van der Waals surface area (Å²) in [5.74, 6) is 0.557. The monoisotopic (exact) mass is 2050 g/mol. The van der Waals surface area contributed by atoms with E-state index >= 15 is 0 Å². The number of benzene rings is 5. The first kappa shape index (κ1) is 93.5. The van der Waals surface area contributed by atoms with Gasteiger partial charge in [-0.05, 0) is 154 Å². The second-order valence-corrected chi connectivity index (χ2v) is 27.3. The molecule has 0 spiro atoms. The van der Waals surface area contributed by atoms with Crippen molar-refractivity contribution < 1.29 is 75.1 Å². The molecule has 0 saturated carbocycles. The molecule has 18 nitrogen and oxygen atoms in total. The molecule has 6 heterocycles. The molecule has 11 rings (SSSR count). The van der Waals surface area contributed by atoms with Crippen LogP contribution in [0.2, 0.25) is 0 Å². The minimum Gasteiger partial charge on any atom is -0.697 e. The van der Waals surface area contributed by atoms with E-state index in [1.807, 2.05) is 125 Å². The van der Waals surface area contributed by atoms with Gasteiger partial charge in [0.1, 0.15) is 17.4 Å². The molecule has 5 aromatic carbocycles. The van der Waals surface area contributed by atoms with Gasteiger partial charge in [0.15, 0.2) is 0 Å². The van der Waals surface area contributed by atoms with Crippen molar-refractivity contribution in [1.29, 1.82) is 27.0 Å². The van der Waals surface area contributed by atoms with Crippen LogP contribution in [0, 0.1) is 40.5 Å². The first-order chi connectivity index (χ1) is 51.7. The fourth-order valence-corrected chi connectivity index (χ4v) is 11.3. The standard InChI is InChI=1S/C28H24N4.C26H28N8.C24H19F3N6.C8H11P.CH3.Os.2Pt/c1-3-24(29)19(2)28(30)27-15-8-14-26(32-27)23-12-7-10-21(18-23)20-9-6-11-22(17-20)25-13-4-5-16-31-25;1-5-19(27)15(3)23(29)25-31-12-10-21(33-25)17-8-7-9-18(14-17)22-11-13-32-26(34-22)24(30)16(4)20(28)6-2;1-14(28)11-17(29)21-9-3-7-19(32-21)15-5-2-6-16(12-15)20-8-4-10-22(33-20)18(30)13-23(31)24(25,26)27;1-9(2)8-6-4-3-5-7-8;;;;/h4-16,18,29-30H,3H2,1-2H3;7-14,27-30H,5-6H2,1-4H3;2-13,28-31H,1H3;3-7H,1-2H3;1H3;;;/q3*-2;;-1;;2*+2/p+1/b28-19-,29-24?;23-15-,24-16-,27-19?,28-20?;17-11-,18-13-,28-14?,31-23?;;;;;. The molecular formula is C87H86F3N18OsPPt2-2. The van der Waals surface area contributed by atoms with Crippen LogP contribution in [0.5, 0.6) is 0 Å². The molecule has 11 aromatic rings. The fourth-order valence-electron chi connectivity index (χ4n) is 10.5. The molecule has 0 aliphatic rings. The van der Waals surface area contributed by atoms with Gasteiger partial charge in [-0.3, -0.25) is 10.4 Å². The molecule has 580 valence electrons. The summed E-state index contributed by atoms with van der Waals surface area (Å²) in [6.07, 6.45) is 3.72. The molecule has 0 aliphatic heterocycles. The number of rotatable bonds is 21. The van der Waals surface area contributed by atoms with Gasteiger partial charge in [-0.1, -0.05) is 159 Å². The fraction of sp³-hybridized carbons (Fsp3) is 0.149. The third kappa shape index (κ3) is 26.1. The summed E-state index contributed by atoms with van der Waals surface area (Å²) in [4.78, 5) is 35.5. The molecule has 0 amide bonds. The number of hydrogen-bond acceptors (Lipinski definition) is 13. The zero-order valence-electron chi connectivity index (χ0n) is 63.3. The summed E-state index contributed by atoms with van der Waals surface area (Å²) in [5.41, 5.74) is 55.1. The van der Waals surface area contributed by atoms with Crippen LogP contribution in [-0.2, 0) is 61.9 Å². The van der Waals surface area contributed by atoms with E-state index in [9.17, 15) is 13.2 Å². The van der Waals surface area contributed by atoms with Gasteiger partial charge in [-0.2, -0.15) is 13.2 Å². The predicted octanol–water partition coefficient (Wildman–Crippen LogP) is 24.0. The molecule has 0 saturated heterocycles. The van der Waals surface area contributed by atoms with E-state index in [1.165, 1.54) is 17.4 Å². The Hall–Kier alpha value is -10.9. The SMILES string of the molecule is CC(=N)/C=C(\[NH-])c1cccc(-c2cccc(-c3cccc(/C([NH-])=C/C(=N)C(F)(F)F)n3)c2)n1.CCC(=N)/C(C)=C(\[NH-])c1cccc(-c2cccc(-c3[c-]c(-c4ccccn4)ccc3)c2)n1.CCC(=N)/C(C)=C(\[NH-])c1nccc(-c2cccc(-c3ccnc(/C([NH-])=C(\C)C(=N)CC)n3)c2)n1.C[PH+](C)c1ccccc1.[CH3-].[Os].[Pt+2].[Pt+2]. The zero-order chi connectivity index (χ0) is 78.2. The molecule has 112 heavy (non-hydrogen) atoms. The van der Waals surface area contributed by atoms with Crippen LogP contribution in [-0.4, -0.2) is 87.9 Å². The number of aromatic nitrogens is 8. The molecular weight excluding hydrogens is 1970 g/mol. The number of halogens is 3. The molecule has 6 aromatic heterocycles. The number of nitrogens with zero attached hydrogens (tertiary/aromatic N) is 8. The smallest absolute Gasteiger partial charge is 0.697 e. The van der Waals surface area contributed by atoms with Gasteiger partial charge in [0, 0.05) is 114 Å². The summed E-state index contributed by atoms with van der Waals surface area (Å²) >= 11 is 0. The van der Waals surface area contributed by atoms with Crippen LogP contribution in [0.3, 0.4) is 0 Å². The maximum Gasteiger partial charge on any atom is 2.00 e. The van der Waals surface area contributed by atoms with E-state index in [4.69, 9.17) is 60.7 Å². The second-order valence-electron chi connectivity index (χ2n) is 24.8. The van der Waals surface area contributed by atoms with Crippen LogP contribution in [0.1, 0.15) is 96.5 Å². The van der Waals surface area contributed by atoms with Crippen LogP contribution in [0.25, 0.3) is 136 Å². The number of pyridine rings is 4. The van der Waals surface area contributed by atoms with Gasteiger partial charge in [0.2, 0.25) is 0 Å². The first-order valence-electron chi connectivity index (χ1n) is 34.5. The molecule has 0 bridgehead atoms. The van der Waals surface area contributed by atoms with Crippen LogP contribution >= 0.6 is 7.92 Å². The third-order valence-corrected chi connectivity index (χ3v) is 18.3. The Kier molecular flexibility index (Phi) is 37.5. The molecule has 10 N–H and O–H groups in total. The zero-order valence-corrected chi connectivity index (χ0v) is 71.4. The van der Waals surface area contributed by atoms with Crippen LogP contribution in [0.15, 0.2) is 254 Å². The number of hydrogen-bond donors (Lipinski definition) is 5. The van der Waals surface area contributed by atoms with E-state index in [0.717, 1.165) is 50.3 Å². The van der Waals surface area contributed by atoms with Crippen LogP contribution in [0.4, 0.5) is 13.2 Å². The van der Waals surface area contributed by atoms with Crippen molar-refractivity contribution in [3.8, 4) is 78.7 Å². The van der Waals surface area contributed by atoms with E-state index in [0.29, 0.717) is 105 Å². The van der Waals surface area contributed by atoms with Crippen molar-refractivity contribution in [3.63, 3.8) is 0 Å². The van der Waals surface area contributed by atoms with E-state index in [1.54, 1.807) is 100 Å². The summed E-state index contributed by atoms with van der Waals surface area (Å²) in [5, 5.41) is 40.1. The quantitative estimate of drug-likeness (QED) is 0.0261. The Morgan fingerprint density at radius 1 is 0.402 bits per heavy atom. The number of nitrogens with one attached hydrogen (secondary N) is 10. The van der Waals surface area contributed by atoms with Crippen molar-refractivity contribution in [2.45, 2.75) is 73.9 Å². The van der Waals surface area contributed by atoms with Gasteiger partial charge < -0.3 is 57.7 Å². The van der Waals surface area contributed by atoms with Crippen molar-refractivity contribution in [2.75, 3.05) is 13.3 Å². The van der Waals surface area contributed by atoms with Crippen molar-refractivity contribution in [2.24, 2.45) is 0 Å². The van der Waals surface area contributed by atoms with Gasteiger partial charge in [-0.25, -0.2) is 34.9 Å². The molecule has 0 radical (unpaired) electrons. The topological polar surface area (TPSA) is 341 Å². The summed E-state index contributed by atoms with van der Waals surface area (Å²) in [6, 6.07) is 68.3. The summed E-state index contributed by atoms with van der Waals surface area (Å²) in [7, 11) is -0.212. The van der Waals surface area contributed by atoms with Crippen molar-refractivity contribution in [1.82, 2.24) is 39.9 Å². The van der Waals surface area contributed by atoms with Gasteiger partial charge in [-0.15, -0.1) is 46.9 Å². The van der Waals surface area contributed by atoms with Crippen molar-refractivity contribution in [3.05, 3.63) is 325 Å². The maximum absolute atomic E-state index is 12.6. The normalized spacial score (nSPS) is 11.7. The Morgan fingerprint density at radius 3 is 1.16 bits per heavy atom. The van der Waals surface area contributed by atoms with Gasteiger partial charge >= 0.3 is 48.3 Å². The first-order valence-corrected chi connectivity index (χ1v) is 37.0. The maximum atomic E-state index is 12.6.